The Bertz CT molecular complexity index is 917. The first-order valence-corrected chi connectivity index (χ1v) is 10.9. The van der Waals surface area contributed by atoms with Gasteiger partial charge in [0, 0.05) is 61.0 Å². The normalized spacial score (nSPS) is 23.9. The average molecular weight is 404 g/mol. The van der Waals surface area contributed by atoms with Gasteiger partial charge < -0.3 is 10.0 Å². The Morgan fingerprint density at radius 2 is 1.90 bits per heavy atom. The standard InChI is InChI=1S/C25H29N3O2/c1-2-24(30)27-14-3-4-15-28-22(17-27)25(23(28)18-29)21-11-9-19(10-12-21)7-8-20-6-5-13-26-16-20/h5-6,9-13,16,22-23,25,29H,2-4,14-15,17-18H2,1H3/t22-,23-,25-/m0/s1. The van der Waals surface area contributed by atoms with E-state index in [1.807, 2.05) is 36.1 Å². The van der Waals surface area contributed by atoms with E-state index in [2.05, 4.69) is 33.9 Å². The molecular weight excluding hydrogens is 374 g/mol. The fourth-order valence-electron chi connectivity index (χ4n) is 4.76. The maximum atomic E-state index is 12.4. The van der Waals surface area contributed by atoms with Crippen molar-refractivity contribution in [1.29, 1.82) is 0 Å². The van der Waals surface area contributed by atoms with Gasteiger partial charge in [-0.25, -0.2) is 0 Å². The number of aromatic nitrogens is 1. The SMILES string of the molecule is CCC(=O)N1CCCCN2[C@@H](CO)[C@@H](c3ccc(C#Cc4cccnc4)cc3)[C@@H]2C1. The summed E-state index contributed by atoms with van der Waals surface area (Å²) in [5.41, 5.74) is 3.07. The number of pyridine rings is 1. The van der Waals surface area contributed by atoms with Gasteiger partial charge in [0.2, 0.25) is 5.91 Å². The molecule has 0 spiro atoms. The molecule has 0 saturated carbocycles. The number of rotatable bonds is 3. The molecule has 1 aromatic carbocycles. The monoisotopic (exact) mass is 403 g/mol. The highest BCUT2D eigenvalue weighted by Crippen LogP contribution is 2.42. The molecule has 0 radical (unpaired) electrons. The lowest BCUT2D eigenvalue weighted by Crippen LogP contribution is -2.67. The van der Waals surface area contributed by atoms with Crippen molar-refractivity contribution in [3.05, 3.63) is 65.5 Å². The van der Waals surface area contributed by atoms with Crippen LogP contribution < -0.4 is 0 Å². The Morgan fingerprint density at radius 3 is 2.60 bits per heavy atom. The zero-order valence-corrected chi connectivity index (χ0v) is 17.5. The van der Waals surface area contributed by atoms with Crippen LogP contribution in [0.3, 0.4) is 0 Å². The van der Waals surface area contributed by atoms with Gasteiger partial charge in [-0.3, -0.25) is 14.7 Å². The van der Waals surface area contributed by atoms with Gasteiger partial charge in [0.15, 0.2) is 0 Å². The number of aliphatic hydroxyl groups is 1. The van der Waals surface area contributed by atoms with E-state index in [0.717, 1.165) is 43.6 Å². The molecule has 1 amide bonds. The van der Waals surface area contributed by atoms with Crippen molar-refractivity contribution in [3.8, 4) is 11.8 Å². The summed E-state index contributed by atoms with van der Waals surface area (Å²) >= 11 is 0. The highest BCUT2D eigenvalue weighted by atomic mass is 16.3. The second-order valence-electron chi connectivity index (χ2n) is 8.10. The Morgan fingerprint density at radius 1 is 1.13 bits per heavy atom. The number of amides is 1. The molecule has 0 unspecified atom stereocenters. The number of benzene rings is 1. The number of fused-ring (bicyclic) bond motifs is 1. The average Bonchev–Trinajstić information content (AvgIpc) is 2.77. The fraction of sp³-hybridized carbons (Fsp3) is 0.440. The minimum atomic E-state index is 0.124. The van der Waals surface area contributed by atoms with Crippen LogP contribution in [-0.4, -0.2) is 64.1 Å². The lowest BCUT2D eigenvalue weighted by molar-refractivity contribution is -0.136. The topological polar surface area (TPSA) is 56.7 Å². The Kier molecular flexibility index (Phi) is 6.47. The number of hydrogen-bond donors (Lipinski definition) is 1. The van der Waals surface area contributed by atoms with Crippen molar-refractivity contribution < 1.29 is 9.90 Å². The predicted molar refractivity (Wildman–Crippen MR) is 117 cm³/mol. The van der Waals surface area contributed by atoms with Gasteiger partial charge in [0.25, 0.3) is 0 Å². The molecule has 0 bridgehead atoms. The fourth-order valence-corrected chi connectivity index (χ4v) is 4.76. The third kappa shape index (κ3) is 4.26. The van der Waals surface area contributed by atoms with E-state index in [1.165, 1.54) is 5.56 Å². The van der Waals surface area contributed by atoms with Crippen LogP contribution in [0.1, 0.15) is 48.8 Å². The first-order chi connectivity index (χ1) is 14.7. The summed E-state index contributed by atoms with van der Waals surface area (Å²) in [6, 6.07) is 12.6. The van der Waals surface area contributed by atoms with E-state index in [-0.39, 0.29) is 30.5 Å². The molecule has 30 heavy (non-hydrogen) atoms. The maximum Gasteiger partial charge on any atom is 0.222 e. The van der Waals surface area contributed by atoms with Crippen LogP contribution in [0, 0.1) is 11.8 Å². The van der Waals surface area contributed by atoms with Crippen LogP contribution in [0.25, 0.3) is 0 Å². The predicted octanol–water partition coefficient (Wildman–Crippen LogP) is 2.64. The van der Waals surface area contributed by atoms with Crippen molar-refractivity contribution in [2.75, 3.05) is 26.2 Å². The number of nitrogens with zero attached hydrogens (tertiary/aromatic N) is 3. The van der Waals surface area contributed by atoms with Crippen LogP contribution >= 0.6 is 0 Å². The minimum absolute atomic E-state index is 0.124. The molecular formula is C25H29N3O2. The molecule has 2 saturated heterocycles. The van der Waals surface area contributed by atoms with Crippen LogP contribution in [0.5, 0.6) is 0 Å². The smallest absolute Gasteiger partial charge is 0.222 e. The number of carbonyl (C=O) groups excluding carboxylic acids is 1. The van der Waals surface area contributed by atoms with E-state index in [0.29, 0.717) is 6.42 Å². The molecule has 156 valence electrons. The zero-order chi connectivity index (χ0) is 20.9. The molecule has 1 N–H and O–H groups in total. The van der Waals surface area contributed by atoms with Crippen molar-refractivity contribution in [3.63, 3.8) is 0 Å². The van der Waals surface area contributed by atoms with Crippen molar-refractivity contribution in [1.82, 2.24) is 14.8 Å². The first-order valence-electron chi connectivity index (χ1n) is 10.9. The van der Waals surface area contributed by atoms with Crippen molar-refractivity contribution in [2.45, 2.75) is 44.2 Å². The Balaban J connectivity index is 1.53. The summed E-state index contributed by atoms with van der Waals surface area (Å²) in [4.78, 5) is 20.9. The molecule has 2 aliphatic rings. The number of aliphatic hydroxyl groups excluding tert-OH is 1. The van der Waals surface area contributed by atoms with Gasteiger partial charge >= 0.3 is 0 Å². The largest absolute Gasteiger partial charge is 0.395 e. The quantitative estimate of drug-likeness (QED) is 0.801. The third-order valence-electron chi connectivity index (χ3n) is 6.33. The van der Waals surface area contributed by atoms with Gasteiger partial charge in [-0.15, -0.1) is 0 Å². The second-order valence-corrected chi connectivity index (χ2v) is 8.10. The van der Waals surface area contributed by atoms with Gasteiger partial charge in [0.05, 0.1) is 6.61 Å². The van der Waals surface area contributed by atoms with Crippen LogP contribution in [-0.2, 0) is 4.79 Å². The Labute approximate surface area is 178 Å². The molecule has 0 aliphatic carbocycles. The second kappa shape index (κ2) is 9.42. The molecule has 2 fully saturated rings. The van der Waals surface area contributed by atoms with Crippen LogP contribution in [0.2, 0.25) is 0 Å². The van der Waals surface area contributed by atoms with Crippen molar-refractivity contribution in [2.24, 2.45) is 0 Å². The third-order valence-corrected chi connectivity index (χ3v) is 6.33. The first kappa shape index (κ1) is 20.6. The van der Waals surface area contributed by atoms with E-state index in [1.54, 1.807) is 12.4 Å². The number of hydrogen-bond acceptors (Lipinski definition) is 4. The Hall–Kier alpha value is -2.68. The van der Waals surface area contributed by atoms with E-state index in [4.69, 9.17) is 0 Å². The summed E-state index contributed by atoms with van der Waals surface area (Å²) in [5, 5.41) is 10.1. The highest BCUT2D eigenvalue weighted by Gasteiger charge is 2.49. The molecule has 5 heteroatoms. The summed E-state index contributed by atoms with van der Waals surface area (Å²) in [6.45, 7) is 4.66. The summed E-state index contributed by atoms with van der Waals surface area (Å²) in [7, 11) is 0. The molecule has 2 aliphatic heterocycles. The van der Waals surface area contributed by atoms with Gasteiger partial charge in [-0.1, -0.05) is 30.9 Å². The van der Waals surface area contributed by atoms with Gasteiger partial charge in [-0.05, 0) is 49.2 Å². The molecule has 5 nitrogen and oxygen atoms in total. The minimum Gasteiger partial charge on any atom is -0.395 e. The van der Waals surface area contributed by atoms with E-state index < -0.39 is 0 Å². The molecule has 4 rings (SSSR count). The molecule has 3 heterocycles. The molecule has 1 aromatic heterocycles. The maximum absolute atomic E-state index is 12.4. The van der Waals surface area contributed by atoms with Crippen LogP contribution in [0.15, 0.2) is 48.8 Å². The highest BCUT2D eigenvalue weighted by molar-refractivity contribution is 5.75. The molecule has 2 aromatic rings. The summed E-state index contributed by atoms with van der Waals surface area (Å²) < 4.78 is 0. The van der Waals surface area contributed by atoms with Crippen molar-refractivity contribution >= 4 is 5.91 Å². The zero-order valence-electron chi connectivity index (χ0n) is 17.5. The molecule has 3 atom stereocenters. The van der Waals surface area contributed by atoms with Gasteiger partial charge in [-0.2, -0.15) is 0 Å². The van der Waals surface area contributed by atoms with E-state index in [9.17, 15) is 9.90 Å². The van der Waals surface area contributed by atoms with E-state index >= 15 is 0 Å². The van der Waals surface area contributed by atoms with Crippen LogP contribution in [0.4, 0.5) is 0 Å². The lowest BCUT2D eigenvalue weighted by atomic mass is 9.74. The lowest BCUT2D eigenvalue weighted by Gasteiger charge is -2.57. The summed E-state index contributed by atoms with van der Waals surface area (Å²) in [6.07, 6.45) is 6.14. The summed E-state index contributed by atoms with van der Waals surface area (Å²) in [5.74, 6) is 6.79. The number of carbonyl (C=O) groups is 1. The van der Waals surface area contributed by atoms with Gasteiger partial charge in [0.1, 0.15) is 0 Å².